The summed E-state index contributed by atoms with van der Waals surface area (Å²) in [6.07, 6.45) is 2.90. The molecule has 5 amide bonds. The first-order chi connectivity index (χ1) is 17.8. The van der Waals surface area contributed by atoms with Crippen LogP contribution >= 0.6 is 23.1 Å². The van der Waals surface area contributed by atoms with Crippen molar-refractivity contribution in [1.82, 2.24) is 14.4 Å². The number of hydrogen-bond acceptors (Lipinski definition) is 9. The number of ether oxygens (including phenoxy) is 2. The summed E-state index contributed by atoms with van der Waals surface area (Å²) in [4.78, 5) is 67.2. The largest absolute Gasteiger partial charge is 0.493 e. The number of urea groups is 1. The fraction of sp³-hybridized carbons (Fsp3) is 0.458. The van der Waals surface area contributed by atoms with Crippen molar-refractivity contribution in [3.63, 3.8) is 0 Å². The quantitative estimate of drug-likeness (QED) is 0.558. The number of benzene rings is 1. The van der Waals surface area contributed by atoms with E-state index in [1.807, 2.05) is 0 Å². The van der Waals surface area contributed by atoms with Crippen LogP contribution in [0.1, 0.15) is 35.6 Å². The van der Waals surface area contributed by atoms with E-state index in [4.69, 9.17) is 15.2 Å². The number of nitrogens with two attached hydrogens (primary N) is 1. The molecule has 2 saturated heterocycles. The first-order valence-corrected chi connectivity index (χ1v) is 13.5. The lowest BCUT2D eigenvalue weighted by Crippen LogP contribution is -2.41. The van der Waals surface area contributed by atoms with Gasteiger partial charge < -0.3 is 20.1 Å². The Hall–Kier alpha value is -3.32. The molecule has 5 rings (SSSR count). The van der Waals surface area contributed by atoms with Gasteiger partial charge in [0, 0.05) is 23.9 Å². The number of fused-ring (bicyclic) bond motifs is 2. The van der Waals surface area contributed by atoms with Crippen LogP contribution < -0.4 is 20.1 Å². The third-order valence-corrected chi connectivity index (χ3v) is 9.64. The minimum absolute atomic E-state index is 0.157. The van der Waals surface area contributed by atoms with E-state index in [2.05, 4.69) is 0 Å². The van der Waals surface area contributed by atoms with Gasteiger partial charge in [-0.05, 0) is 37.0 Å². The Morgan fingerprint density at radius 2 is 1.73 bits per heavy atom. The zero-order chi connectivity index (χ0) is 26.4. The van der Waals surface area contributed by atoms with E-state index < -0.39 is 34.9 Å². The van der Waals surface area contributed by atoms with Crippen LogP contribution in [0.25, 0.3) is 0 Å². The van der Waals surface area contributed by atoms with Crippen molar-refractivity contribution in [1.29, 1.82) is 0 Å². The second-order valence-electron chi connectivity index (χ2n) is 9.07. The van der Waals surface area contributed by atoms with E-state index in [0.717, 1.165) is 42.4 Å². The molecule has 4 heterocycles. The first-order valence-electron chi connectivity index (χ1n) is 11.8. The summed E-state index contributed by atoms with van der Waals surface area (Å²) < 4.78 is 12.2. The highest BCUT2D eigenvalue weighted by Crippen LogP contribution is 2.54. The van der Waals surface area contributed by atoms with E-state index in [1.54, 1.807) is 23.1 Å². The number of carbonyl (C=O) groups excluding carboxylic acids is 4. The molecule has 3 aliphatic rings. The van der Waals surface area contributed by atoms with Gasteiger partial charge in [0.15, 0.2) is 11.5 Å². The summed E-state index contributed by atoms with van der Waals surface area (Å²) in [5.41, 5.74) is 5.99. The molecular formula is C24H26N4O7S2. The zero-order valence-corrected chi connectivity index (χ0v) is 21.9. The summed E-state index contributed by atoms with van der Waals surface area (Å²) in [5, 5.41) is -0.523. The van der Waals surface area contributed by atoms with Crippen molar-refractivity contribution >= 4 is 46.9 Å². The highest BCUT2D eigenvalue weighted by molar-refractivity contribution is 8.00. The predicted molar refractivity (Wildman–Crippen MR) is 135 cm³/mol. The lowest BCUT2D eigenvalue weighted by atomic mass is 9.83. The molecule has 37 heavy (non-hydrogen) atoms. The number of hydrogen-bond donors (Lipinski definition) is 1. The fourth-order valence-corrected chi connectivity index (χ4v) is 8.03. The molecule has 11 nitrogen and oxygen atoms in total. The standard InChI is InChI=1S/C24H26N4O7S2/c1-34-13-7-6-12(10-14(13)35-2)16-17-18(21(31)28(20(17)30)23(25)32)36-22-19(16)37-24(33)27(22)11-15(29)26-8-4-3-5-9-26/h6-7,10,16-18H,3-5,8-9,11H2,1-2H3,(H2,25,32)/t16-,17?,18?/m0/s1. The fourth-order valence-electron chi connectivity index (χ4n) is 5.26. The summed E-state index contributed by atoms with van der Waals surface area (Å²) in [5.74, 6) is -2.41. The maximum Gasteiger partial charge on any atom is 0.328 e. The normalized spacial score (nSPS) is 23.0. The second kappa shape index (κ2) is 9.86. The molecule has 0 radical (unpaired) electrons. The molecular weight excluding hydrogens is 520 g/mol. The molecule has 196 valence electrons. The lowest BCUT2D eigenvalue weighted by molar-refractivity contribution is -0.136. The number of nitrogens with zero attached hydrogens (tertiary/aromatic N) is 3. The van der Waals surface area contributed by atoms with Crippen molar-refractivity contribution in [2.24, 2.45) is 11.7 Å². The number of methoxy groups -OCH3 is 2. The van der Waals surface area contributed by atoms with Crippen LogP contribution in [0.3, 0.4) is 0 Å². The maximum atomic E-state index is 13.3. The van der Waals surface area contributed by atoms with Gasteiger partial charge >= 0.3 is 10.9 Å². The first kappa shape index (κ1) is 25.3. The van der Waals surface area contributed by atoms with Crippen molar-refractivity contribution in [3.8, 4) is 11.5 Å². The van der Waals surface area contributed by atoms with Crippen LogP contribution in [0.2, 0.25) is 0 Å². The molecule has 13 heteroatoms. The summed E-state index contributed by atoms with van der Waals surface area (Å²) in [6.45, 7) is 1.13. The number of carbonyl (C=O) groups is 4. The number of piperidine rings is 1. The van der Waals surface area contributed by atoms with E-state index >= 15 is 0 Å². The Kier molecular flexibility index (Phi) is 6.75. The number of likely N-dealkylation sites (tertiary alicyclic amines) is 2. The number of rotatable bonds is 5. The number of primary amides is 1. The van der Waals surface area contributed by atoms with Gasteiger partial charge in [0.1, 0.15) is 11.8 Å². The van der Waals surface area contributed by atoms with Gasteiger partial charge in [-0.2, -0.15) is 4.90 Å². The zero-order valence-electron chi connectivity index (χ0n) is 20.3. The van der Waals surface area contributed by atoms with E-state index in [9.17, 15) is 24.0 Å². The van der Waals surface area contributed by atoms with Crippen LogP contribution in [-0.4, -0.2) is 70.7 Å². The van der Waals surface area contributed by atoms with Crippen LogP contribution in [0.4, 0.5) is 4.79 Å². The Labute approximate surface area is 220 Å². The Bertz CT molecular complexity index is 1350. The van der Waals surface area contributed by atoms with Crippen molar-refractivity contribution in [2.45, 2.75) is 42.0 Å². The molecule has 0 bridgehead atoms. The summed E-state index contributed by atoms with van der Waals surface area (Å²) >= 11 is 1.98. The van der Waals surface area contributed by atoms with Crippen LogP contribution in [0.15, 0.2) is 28.0 Å². The highest BCUT2D eigenvalue weighted by Gasteiger charge is 2.58. The molecule has 1 aromatic heterocycles. The molecule has 0 aliphatic carbocycles. The number of thioether (sulfide) groups is 1. The van der Waals surface area contributed by atoms with Crippen molar-refractivity contribution in [2.75, 3.05) is 27.3 Å². The highest BCUT2D eigenvalue weighted by atomic mass is 32.2. The van der Waals surface area contributed by atoms with Crippen LogP contribution in [0, 0.1) is 5.92 Å². The van der Waals surface area contributed by atoms with Gasteiger partial charge in [-0.1, -0.05) is 29.2 Å². The molecule has 2 fully saturated rings. The van der Waals surface area contributed by atoms with Gasteiger partial charge in [0.25, 0.3) is 5.91 Å². The second-order valence-corrected chi connectivity index (χ2v) is 11.2. The average molecular weight is 547 g/mol. The topological polar surface area (TPSA) is 141 Å². The number of imide groups is 3. The smallest absolute Gasteiger partial charge is 0.328 e. The maximum absolute atomic E-state index is 13.3. The van der Waals surface area contributed by atoms with E-state index in [1.165, 1.54) is 18.8 Å². The Morgan fingerprint density at radius 3 is 2.38 bits per heavy atom. The van der Waals surface area contributed by atoms with Gasteiger partial charge in [0.05, 0.1) is 25.2 Å². The van der Waals surface area contributed by atoms with E-state index in [-0.39, 0.29) is 17.3 Å². The average Bonchev–Trinajstić information content (AvgIpc) is 3.34. The Morgan fingerprint density at radius 1 is 1.03 bits per heavy atom. The molecule has 2 aromatic rings. The van der Waals surface area contributed by atoms with Gasteiger partial charge in [0.2, 0.25) is 11.8 Å². The summed E-state index contributed by atoms with van der Waals surface area (Å²) in [6, 6.07) is 3.97. The predicted octanol–water partition coefficient (Wildman–Crippen LogP) is 1.61. The molecule has 1 aromatic carbocycles. The minimum atomic E-state index is -1.14. The molecule has 2 unspecified atom stereocenters. The van der Waals surface area contributed by atoms with Crippen molar-refractivity contribution in [3.05, 3.63) is 38.3 Å². The Balaban J connectivity index is 1.62. The van der Waals surface area contributed by atoms with Gasteiger partial charge in [-0.25, -0.2) is 4.79 Å². The van der Waals surface area contributed by atoms with Crippen LogP contribution in [-0.2, 0) is 20.9 Å². The molecule has 3 aliphatic heterocycles. The number of aromatic nitrogens is 1. The molecule has 2 N–H and O–H groups in total. The third kappa shape index (κ3) is 4.19. The number of thiazole rings is 1. The molecule has 0 saturated carbocycles. The summed E-state index contributed by atoms with van der Waals surface area (Å²) in [7, 11) is 2.98. The van der Waals surface area contributed by atoms with Crippen molar-refractivity contribution < 1.29 is 28.7 Å². The molecule has 0 spiro atoms. The van der Waals surface area contributed by atoms with Gasteiger partial charge in [-0.3, -0.25) is 23.7 Å². The third-order valence-electron chi connectivity index (χ3n) is 7.04. The van der Waals surface area contributed by atoms with E-state index in [0.29, 0.717) is 45.0 Å². The van der Waals surface area contributed by atoms with Crippen LogP contribution in [0.5, 0.6) is 11.5 Å². The number of amides is 5. The molecule has 3 atom stereocenters. The monoisotopic (exact) mass is 546 g/mol. The van der Waals surface area contributed by atoms with Gasteiger partial charge in [-0.15, -0.1) is 0 Å². The minimum Gasteiger partial charge on any atom is -0.493 e. The SMILES string of the molecule is COc1ccc([C@@H]2c3sc(=O)n(CC(=O)N4CCCCC4)c3SC3C(=O)N(C(N)=O)C(=O)C32)cc1OC. The lowest BCUT2D eigenvalue weighted by Gasteiger charge is -2.31.